The van der Waals surface area contributed by atoms with Crippen LogP contribution in [0.1, 0.15) is 12.2 Å². The van der Waals surface area contributed by atoms with Gasteiger partial charge < -0.3 is 14.8 Å². The summed E-state index contributed by atoms with van der Waals surface area (Å²) >= 11 is 0. The van der Waals surface area contributed by atoms with Crippen molar-refractivity contribution in [3.05, 3.63) is 54.2 Å². The lowest BCUT2D eigenvalue weighted by Crippen LogP contribution is -2.39. The molecular weight excluding hydrogens is 291 g/mol. The van der Waals surface area contributed by atoms with E-state index in [1.807, 2.05) is 0 Å². The Morgan fingerprint density at radius 1 is 1.27 bits per heavy atom. The van der Waals surface area contributed by atoms with Gasteiger partial charge in [-0.1, -0.05) is 6.07 Å². The zero-order valence-electron chi connectivity index (χ0n) is 11.6. The second kappa shape index (κ2) is 7.37. The van der Waals surface area contributed by atoms with Crippen molar-refractivity contribution in [2.75, 3.05) is 5.32 Å². The number of amides is 1. The van der Waals surface area contributed by atoms with Crippen molar-refractivity contribution in [1.82, 2.24) is 5.32 Å². The predicted molar refractivity (Wildman–Crippen MR) is 76.6 cm³/mol. The Balaban J connectivity index is 1.89. The van der Waals surface area contributed by atoms with Crippen LogP contribution in [0.5, 0.6) is 0 Å². The number of carboxylic acids is 1. The number of carboxylic acid groups (broad SMARTS) is 1. The summed E-state index contributed by atoms with van der Waals surface area (Å²) in [6, 6.07) is 7.69. The van der Waals surface area contributed by atoms with Gasteiger partial charge in [0.2, 0.25) is 5.91 Å². The van der Waals surface area contributed by atoms with Crippen molar-refractivity contribution in [3.63, 3.8) is 0 Å². The lowest BCUT2D eigenvalue weighted by Gasteiger charge is -2.13. The smallest absolute Gasteiger partial charge is 0.321 e. The molecule has 1 amide bonds. The van der Waals surface area contributed by atoms with Gasteiger partial charge in [0.1, 0.15) is 17.6 Å². The van der Waals surface area contributed by atoms with E-state index in [9.17, 15) is 14.0 Å². The van der Waals surface area contributed by atoms with Crippen LogP contribution in [0.3, 0.4) is 0 Å². The van der Waals surface area contributed by atoms with E-state index < -0.39 is 23.7 Å². The first-order valence-electron chi connectivity index (χ1n) is 6.58. The standard InChI is InChI=1S/C15H15FN2O4/c16-10-3-1-4-11(7-10)18-14(19)8-13(15(20)21)17-9-12-5-2-6-22-12/h1-7,13,17H,8-9H2,(H,18,19)(H,20,21)/t13-/m1/s1. The summed E-state index contributed by atoms with van der Waals surface area (Å²) in [4.78, 5) is 23.0. The minimum absolute atomic E-state index is 0.192. The second-order valence-corrected chi connectivity index (χ2v) is 4.61. The van der Waals surface area contributed by atoms with Crippen LogP contribution >= 0.6 is 0 Å². The van der Waals surface area contributed by atoms with Crippen molar-refractivity contribution in [1.29, 1.82) is 0 Å². The number of anilines is 1. The molecule has 0 aliphatic rings. The van der Waals surface area contributed by atoms with E-state index in [4.69, 9.17) is 9.52 Å². The fraction of sp³-hybridized carbons (Fsp3) is 0.200. The number of hydrogen-bond donors (Lipinski definition) is 3. The van der Waals surface area contributed by atoms with Gasteiger partial charge in [-0.15, -0.1) is 0 Å². The first-order valence-corrected chi connectivity index (χ1v) is 6.58. The summed E-state index contributed by atoms with van der Waals surface area (Å²) in [5.74, 6) is -1.59. The van der Waals surface area contributed by atoms with Gasteiger partial charge in [0, 0.05) is 5.69 Å². The topological polar surface area (TPSA) is 91.6 Å². The van der Waals surface area contributed by atoms with Gasteiger partial charge in [-0.25, -0.2) is 4.39 Å². The summed E-state index contributed by atoms with van der Waals surface area (Å²) in [5, 5.41) is 14.3. The number of nitrogens with one attached hydrogen (secondary N) is 2. The normalized spacial score (nSPS) is 11.9. The van der Waals surface area contributed by atoms with Gasteiger partial charge in [0.25, 0.3) is 0 Å². The Kier molecular flexibility index (Phi) is 5.26. The molecule has 3 N–H and O–H groups in total. The lowest BCUT2D eigenvalue weighted by molar-refractivity contribution is -0.141. The monoisotopic (exact) mass is 306 g/mol. The zero-order chi connectivity index (χ0) is 15.9. The van der Waals surface area contributed by atoms with Crippen LogP contribution in [0.25, 0.3) is 0 Å². The molecule has 0 fully saturated rings. The Morgan fingerprint density at radius 3 is 2.73 bits per heavy atom. The molecule has 1 atom stereocenters. The summed E-state index contributed by atoms with van der Waals surface area (Å²) in [6.07, 6.45) is 1.19. The van der Waals surface area contributed by atoms with Crippen molar-refractivity contribution < 1.29 is 23.5 Å². The minimum atomic E-state index is -1.15. The molecule has 0 spiro atoms. The number of rotatable bonds is 7. The maximum atomic E-state index is 13.0. The molecule has 6 nitrogen and oxygen atoms in total. The van der Waals surface area contributed by atoms with Gasteiger partial charge in [0.15, 0.2) is 0 Å². The number of hydrogen-bond acceptors (Lipinski definition) is 4. The van der Waals surface area contributed by atoms with Crippen LogP contribution in [0.15, 0.2) is 47.1 Å². The molecule has 0 saturated carbocycles. The lowest BCUT2D eigenvalue weighted by atomic mass is 10.2. The Labute approximate surface area is 125 Å². The minimum Gasteiger partial charge on any atom is -0.480 e. The molecule has 0 aliphatic carbocycles. The van der Waals surface area contributed by atoms with E-state index in [1.165, 1.54) is 24.5 Å². The molecule has 0 saturated heterocycles. The van der Waals surface area contributed by atoms with Gasteiger partial charge in [0.05, 0.1) is 19.2 Å². The predicted octanol–water partition coefficient (Wildman–Crippen LogP) is 1.99. The van der Waals surface area contributed by atoms with Crippen molar-refractivity contribution in [2.24, 2.45) is 0 Å². The molecule has 0 bridgehead atoms. The van der Waals surface area contributed by atoms with E-state index in [-0.39, 0.29) is 18.7 Å². The van der Waals surface area contributed by atoms with E-state index in [0.717, 1.165) is 6.07 Å². The highest BCUT2D eigenvalue weighted by atomic mass is 19.1. The SMILES string of the molecule is O=C(C[C@@H](NCc1ccco1)C(=O)O)Nc1cccc(F)c1. The third kappa shape index (κ3) is 4.71. The van der Waals surface area contributed by atoms with E-state index >= 15 is 0 Å². The summed E-state index contributed by atoms with van der Waals surface area (Å²) in [5.41, 5.74) is 0.278. The van der Waals surface area contributed by atoms with Gasteiger partial charge >= 0.3 is 5.97 Å². The largest absolute Gasteiger partial charge is 0.480 e. The molecule has 2 aromatic rings. The Morgan fingerprint density at radius 2 is 2.09 bits per heavy atom. The Bertz CT molecular complexity index is 643. The van der Waals surface area contributed by atoms with Crippen LogP contribution in [-0.4, -0.2) is 23.0 Å². The van der Waals surface area contributed by atoms with Gasteiger partial charge in [-0.3, -0.25) is 14.9 Å². The number of carbonyl (C=O) groups is 2. The molecule has 116 valence electrons. The second-order valence-electron chi connectivity index (χ2n) is 4.61. The first kappa shape index (κ1) is 15.7. The summed E-state index contributed by atoms with van der Waals surface area (Å²) in [6.45, 7) is 0.192. The molecule has 0 unspecified atom stereocenters. The van der Waals surface area contributed by atoms with Crippen LogP contribution in [0.4, 0.5) is 10.1 Å². The average molecular weight is 306 g/mol. The first-order chi connectivity index (χ1) is 10.5. The quantitative estimate of drug-likeness (QED) is 0.727. The van der Waals surface area contributed by atoms with Crippen molar-refractivity contribution >= 4 is 17.6 Å². The number of carbonyl (C=O) groups excluding carboxylic acids is 1. The highest BCUT2D eigenvalue weighted by molar-refractivity contribution is 5.94. The van der Waals surface area contributed by atoms with Crippen LogP contribution in [0, 0.1) is 5.82 Å². The number of furan rings is 1. The molecule has 1 heterocycles. The van der Waals surface area contributed by atoms with Crippen molar-refractivity contribution in [2.45, 2.75) is 19.0 Å². The van der Waals surface area contributed by atoms with E-state index in [2.05, 4.69) is 10.6 Å². The van der Waals surface area contributed by atoms with Crippen LogP contribution < -0.4 is 10.6 Å². The summed E-state index contributed by atoms with van der Waals surface area (Å²) in [7, 11) is 0. The maximum absolute atomic E-state index is 13.0. The Hall–Kier alpha value is -2.67. The number of halogens is 1. The fourth-order valence-corrected chi connectivity index (χ4v) is 1.85. The molecule has 22 heavy (non-hydrogen) atoms. The molecule has 0 aliphatic heterocycles. The highest BCUT2D eigenvalue weighted by Crippen LogP contribution is 2.10. The van der Waals surface area contributed by atoms with E-state index in [1.54, 1.807) is 12.1 Å². The van der Waals surface area contributed by atoms with Crippen molar-refractivity contribution in [3.8, 4) is 0 Å². The molecule has 2 rings (SSSR count). The molecule has 1 aromatic carbocycles. The average Bonchev–Trinajstić information content (AvgIpc) is 2.96. The highest BCUT2D eigenvalue weighted by Gasteiger charge is 2.21. The van der Waals surface area contributed by atoms with Crippen LogP contribution in [0.2, 0.25) is 0 Å². The maximum Gasteiger partial charge on any atom is 0.321 e. The molecule has 1 aromatic heterocycles. The number of benzene rings is 1. The van der Waals surface area contributed by atoms with E-state index in [0.29, 0.717) is 5.76 Å². The molecular formula is C15H15FN2O4. The third-order valence-corrected chi connectivity index (χ3v) is 2.90. The number of aliphatic carboxylic acids is 1. The summed E-state index contributed by atoms with van der Waals surface area (Å²) < 4.78 is 18.1. The van der Waals surface area contributed by atoms with Gasteiger partial charge in [-0.2, -0.15) is 0 Å². The molecule has 0 radical (unpaired) electrons. The molecule has 7 heteroatoms. The fourth-order valence-electron chi connectivity index (χ4n) is 1.85. The zero-order valence-corrected chi connectivity index (χ0v) is 11.6. The van der Waals surface area contributed by atoms with Crippen LogP contribution in [-0.2, 0) is 16.1 Å². The third-order valence-electron chi connectivity index (χ3n) is 2.90. The van der Waals surface area contributed by atoms with Gasteiger partial charge in [-0.05, 0) is 30.3 Å².